The number of halogens is 2. The summed E-state index contributed by atoms with van der Waals surface area (Å²) in [5.74, 6) is -0.234. The first kappa shape index (κ1) is 15.0. The van der Waals surface area contributed by atoms with Crippen LogP contribution < -0.4 is 4.90 Å². The number of hydrogen-bond donors (Lipinski definition) is 0. The Morgan fingerprint density at radius 3 is 2.50 bits per heavy atom. The lowest BCUT2D eigenvalue weighted by molar-refractivity contribution is 0.122. The number of nitrogens with zero attached hydrogens (tertiary/aromatic N) is 2. The minimum atomic E-state index is -0.234. The van der Waals surface area contributed by atoms with Crippen molar-refractivity contribution in [2.75, 3.05) is 31.2 Å². The van der Waals surface area contributed by atoms with Gasteiger partial charge in [0, 0.05) is 24.3 Å². The van der Waals surface area contributed by atoms with Gasteiger partial charge in [0.05, 0.1) is 24.6 Å². The number of benzene rings is 2. The fourth-order valence-electron chi connectivity index (χ4n) is 2.34. The Labute approximate surface area is 134 Å². The topological polar surface area (TPSA) is 24.8 Å². The molecule has 0 atom stereocenters. The van der Waals surface area contributed by atoms with Crippen molar-refractivity contribution in [3.05, 3.63) is 58.9 Å². The van der Waals surface area contributed by atoms with Crippen molar-refractivity contribution >= 4 is 29.2 Å². The molecule has 0 radical (unpaired) electrons. The standard InChI is InChI=1S/C17H16ClFN2O/c18-14-2-4-15(5-3-14)20-12-13-1-6-17(16(19)11-13)21-7-9-22-10-8-21/h1-6,11-12H,7-10H2. The van der Waals surface area contributed by atoms with Crippen molar-refractivity contribution in [2.24, 2.45) is 4.99 Å². The first-order valence-electron chi connectivity index (χ1n) is 7.14. The molecule has 1 aliphatic heterocycles. The summed E-state index contributed by atoms with van der Waals surface area (Å²) in [7, 11) is 0. The van der Waals surface area contributed by atoms with Gasteiger partial charge in [-0.2, -0.15) is 0 Å². The summed E-state index contributed by atoms with van der Waals surface area (Å²) in [6.07, 6.45) is 1.65. The van der Waals surface area contributed by atoms with Gasteiger partial charge in [-0.05, 0) is 42.0 Å². The summed E-state index contributed by atoms with van der Waals surface area (Å²) in [6, 6.07) is 12.3. The van der Waals surface area contributed by atoms with E-state index in [2.05, 4.69) is 4.99 Å². The van der Waals surface area contributed by atoms with E-state index in [1.54, 1.807) is 24.4 Å². The molecule has 1 aliphatic rings. The van der Waals surface area contributed by atoms with Gasteiger partial charge in [-0.3, -0.25) is 4.99 Å². The van der Waals surface area contributed by atoms with Crippen LogP contribution in [0.1, 0.15) is 5.56 Å². The van der Waals surface area contributed by atoms with Gasteiger partial charge in [-0.15, -0.1) is 0 Å². The van der Waals surface area contributed by atoms with Crippen LogP contribution in [-0.4, -0.2) is 32.5 Å². The maximum Gasteiger partial charge on any atom is 0.147 e. The number of hydrogen-bond acceptors (Lipinski definition) is 3. The molecule has 1 fully saturated rings. The Hall–Kier alpha value is -1.91. The SMILES string of the molecule is Fc1cc(C=Nc2ccc(Cl)cc2)ccc1N1CCOCC1. The van der Waals surface area contributed by atoms with Crippen LogP contribution in [0.4, 0.5) is 15.8 Å². The summed E-state index contributed by atoms with van der Waals surface area (Å²) < 4.78 is 19.5. The lowest BCUT2D eigenvalue weighted by Crippen LogP contribution is -2.36. The smallest absolute Gasteiger partial charge is 0.147 e. The van der Waals surface area contributed by atoms with Gasteiger partial charge in [-0.1, -0.05) is 17.7 Å². The maximum atomic E-state index is 14.3. The van der Waals surface area contributed by atoms with Crippen molar-refractivity contribution in [3.63, 3.8) is 0 Å². The highest BCUT2D eigenvalue weighted by molar-refractivity contribution is 6.30. The average Bonchev–Trinajstić information content (AvgIpc) is 2.55. The summed E-state index contributed by atoms with van der Waals surface area (Å²) >= 11 is 5.83. The van der Waals surface area contributed by atoms with Crippen LogP contribution >= 0.6 is 11.6 Å². The summed E-state index contributed by atoms with van der Waals surface area (Å²) in [6.45, 7) is 2.71. The highest BCUT2D eigenvalue weighted by atomic mass is 35.5. The molecular formula is C17H16ClFN2O. The highest BCUT2D eigenvalue weighted by Gasteiger charge is 2.14. The largest absolute Gasteiger partial charge is 0.378 e. The second kappa shape index (κ2) is 6.90. The van der Waals surface area contributed by atoms with Gasteiger partial charge in [0.1, 0.15) is 5.82 Å². The second-order valence-electron chi connectivity index (χ2n) is 5.04. The Morgan fingerprint density at radius 2 is 1.82 bits per heavy atom. The van der Waals surface area contributed by atoms with Crippen molar-refractivity contribution in [1.82, 2.24) is 0 Å². The third kappa shape index (κ3) is 3.64. The third-order valence-corrected chi connectivity index (χ3v) is 3.76. The Bertz CT molecular complexity index is 667. The van der Waals surface area contributed by atoms with Crippen molar-refractivity contribution < 1.29 is 9.13 Å². The zero-order valence-electron chi connectivity index (χ0n) is 12.0. The molecule has 0 aliphatic carbocycles. The molecule has 0 unspecified atom stereocenters. The van der Waals surface area contributed by atoms with E-state index in [-0.39, 0.29) is 5.82 Å². The number of rotatable bonds is 3. The molecule has 0 saturated carbocycles. The minimum absolute atomic E-state index is 0.234. The van der Waals surface area contributed by atoms with Crippen molar-refractivity contribution in [3.8, 4) is 0 Å². The molecule has 2 aromatic carbocycles. The average molecular weight is 319 g/mol. The molecule has 5 heteroatoms. The molecule has 3 nitrogen and oxygen atoms in total. The Morgan fingerprint density at radius 1 is 1.09 bits per heavy atom. The van der Waals surface area contributed by atoms with Gasteiger partial charge in [0.15, 0.2) is 0 Å². The minimum Gasteiger partial charge on any atom is -0.378 e. The monoisotopic (exact) mass is 318 g/mol. The Kier molecular flexibility index (Phi) is 4.71. The van der Waals surface area contributed by atoms with Crippen LogP contribution in [0.5, 0.6) is 0 Å². The molecule has 1 heterocycles. The quantitative estimate of drug-likeness (QED) is 0.797. The molecule has 22 heavy (non-hydrogen) atoms. The Balaban J connectivity index is 1.75. The lowest BCUT2D eigenvalue weighted by atomic mass is 10.2. The molecule has 0 bridgehead atoms. The predicted octanol–water partition coefficient (Wildman–Crippen LogP) is 4.07. The van der Waals surface area contributed by atoms with Gasteiger partial charge in [0.25, 0.3) is 0 Å². The van der Waals surface area contributed by atoms with Crippen LogP contribution in [0.2, 0.25) is 5.02 Å². The number of aliphatic imine (C=N–C) groups is 1. The first-order chi connectivity index (χ1) is 10.7. The zero-order chi connectivity index (χ0) is 15.4. The van der Waals surface area contributed by atoms with Crippen molar-refractivity contribution in [2.45, 2.75) is 0 Å². The van der Waals surface area contributed by atoms with Gasteiger partial charge in [-0.25, -0.2) is 4.39 Å². The number of ether oxygens (including phenoxy) is 1. The maximum absolute atomic E-state index is 14.3. The van der Waals surface area contributed by atoms with E-state index in [1.807, 2.05) is 23.1 Å². The summed E-state index contributed by atoms with van der Waals surface area (Å²) in [4.78, 5) is 6.32. The van der Waals surface area contributed by atoms with Crippen LogP contribution in [0.3, 0.4) is 0 Å². The fraction of sp³-hybridized carbons (Fsp3) is 0.235. The molecule has 0 amide bonds. The molecule has 2 aromatic rings. The molecular weight excluding hydrogens is 303 g/mol. The van der Waals surface area contributed by atoms with Gasteiger partial charge in [0.2, 0.25) is 0 Å². The summed E-state index contributed by atoms with van der Waals surface area (Å²) in [5.41, 5.74) is 2.12. The number of anilines is 1. The number of morpholine rings is 1. The van der Waals surface area contributed by atoms with Crippen LogP contribution in [0.25, 0.3) is 0 Å². The third-order valence-electron chi connectivity index (χ3n) is 3.51. The van der Waals surface area contributed by atoms with Gasteiger partial charge < -0.3 is 9.64 Å². The summed E-state index contributed by atoms with van der Waals surface area (Å²) in [5, 5.41) is 0.667. The molecule has 3 rings (SSSR count). The normalized spacial score (nSPS) is 15.5. The molecule has 0 spiro atoms. The second-order valence-corrected chi connectivity index (χ2v) is 5.48. The molecule has 0 N–H and O–H groups in total. The zero-order valence-corrected chi connectivity index (χ0v) is 12.8. The molecule has 1 saturated heterocycles. The highest BCUT2D eigenvalue weighted by Crippen LogP contribution is 2.22. The molecule has 114 valence electrons. The van der Waals surface area contributed by atoms with Crippen molar-refractivity contribution in [1.29, 1.82) is 0 Å². The van der Waals surface area contributed by atoms with E-state index >= 15 is 0 Å². The van der Waals surface area contributed by atoms with Crippen LogP contribution in [0, 0.1) is 5.82 Å². The van der Waals surface area contributed by atoms with E-state index in [9.17, 15) is 4.39 Å². The van der Waals surface area contributed by atoms with E-state index in [4.69, 9.17) is 16.3 Å². The van der Waals surface area contributed by atoms with E-state index in [0.717, 1.165) is 24.3 Å². The van der Waals surface area contributed by atoms with E-state index in [1.165, 1.54) is 6.07 Å². The van der Waals surface area contributed by atoms with Gasteiger partial charge >= 0.3 is 0 Å². The van der Waals surface area contributed by atoms with E-state index < -0.39 is 0 Å². The fourth-order valence-corrected chi connectivity index (χ4v) is 2.47. The van der Waals surface area contributed by atoms with Crippen LogP contribution in [-0.2, 0) is 4.74 Å². The predicted molar refractivity (Wildman–Crippen MR) is 88.1 cm³/mol. The lowest BCUT2D eigenvalue weighted by Gasteiger charge is -2.29. The van der Waals surface area contributed by atoms with Crippen LogP contribution in [0.15, 0.2) is 47.5 Å². The van der Waals surface area contributed by atoms with E-state index in [0.29, 0.717) is 23.9 Å². The molecule has 0 aromatic heterocycles. The first-order valence-corrected chi connectivity index (χ1v) is 7.52.